The number of nitrogens with zero attached hydrogens (tertiary/aromatic N) is 4. The predicted octanol–water partition coefficient (Wildman–Crippen LogP) is 3.57. The Morgan fingerprint density at radius 3 is 2.24 bits per heavy atom. The van der Waals surface area contributed by atoms with Crippen molar-refractivity contribution in [3.05, 3.63) is 72.6 Å². The maximum Gasteiger partial charge on any atom is 0.263 e. The molecule has 2 heterocycles. The second-order valence-electron chi connectivity index (χ2n) is 9.20. The lowest BCUT2D eigenvalue weighted by atomic mass is 9.86. The molecule has 216 valence electrons. The van der Waals surface area contributed by atoms with E-state index in [0.717, 1.165) is 5.56 Å². The summed E-state index contributed by atoms with van der Waals surface area (Å²) in [7, 11) is -4.31. The Morgan fingerprint density at radius 2 is 1.61 bits per heavy atom. The third-order valence-corrected chi connectivity index (χ3v) is 7.16. The minimum atomic E-state index is -4.31. The number of hydrogen-bond donors (Lipinski definition) is 3. The second kappa shape index (κ2) is 12.9. The molecular weight excluding hydrogens is 550 g/mol. The molecule has 41 heavy (non-hydrogen) atoms. The molecule has 2 aromatic heterocycles. The minimum Gasteiger partial charge on any atom is -0.490 e. The largest absolute Gasteiger partial charge is 0.490 e. The molecule has 0 amide bonds. The predicted molar refractivity (Wildman–Crippen MR) is 151 cm³/mol. The van der Waals surface area contributed by atoms with Gasteiger partial charge in [0.1, 0.15) is 6.61 Å². The molecule has 0 aliphatic heterocycles. The SMILES string of the molecule is [2H]C([2H])(O)COc1nc(-c2ncccn2)nc(NS(=O)(=O)c2ccc(C(C)(C)CO)cc2)c1Oc1ccccc1OCC. The third-order valence-electron chi connectivity index (χ3n) is 5.81. The first kappa shape index (κ1) is 26.9. The van der Waals surface area contributed by atoms with Crippen molar-refractivity contribution in [1.29, 1.82) is 0 Å². The number of rotatable bonds is 13. The lowest BCUT2D eigenvalue weighted by Crippen LogP contribution is -2.22. The molecule has 4 rings (SSSR count). The Bertz CT molecular complexity index is 1650. The molecule has 0 saturated heterocycles. The first-order chi connectivity index (χ1) is 20.3. The monoisotopic (exact) mass is 583 g/mol. The Kier molecular flexibility index (Phi) is 8.45. The zero-order valence-electron chi connectivity index (χ0n) is 24.6. The van der Waals surface area contributed by atoms with Gasteiger partial charge in [-0.2, -0.15) is 4.98 Å². The summed E-state index contributed by atoms with van der Waals surface area (Å²) in [4.78, 5) is 16.7. The van der Waals surface area contributed by atoms with Crippen molar-refractivity contribution in [1.82, 2.24) is 19.9 Å². The Balaban J connectivity index is 1.87. The normalized spacial score (nSPS) is 12.7. The summed E-state index contributed by atoms with van der Waals surface area (Å²) in [5.74, 6) is -0.799. The van der Waals surface area contributed by atoms with Crippen LogP contribution in [0.5, 0.6) is 23.1 Å². The van der Waals surface area contributed by atoms with Crippen LogP contribution in [0.1, 0.15) is 29.1 Å². The van der Waals surface area contributed by atoms with E-state index < -0.39 is 34.5 Å². The average molecular weight is 584 g/mol. The minimum absolute atomic E-state index is 0.0108. The van der Waals surface area contributed by atoms with E-state index in [1.165, 1.54) is 24.5 Å². The molecular formula is C28H31N5O7S. The van der Waals surface area contributed by atoms with E-state index in [-0.39, 0.29) is 40.5 Å². The molecule has 3 N–H and O–H groups in total. The molecule has 13 heteroatoms. The number of para-hydroxylation sites is 2. The zero-order valence-corrected chi connectivity index (χ0v) is 23.4. The van der Waals surface area contributed by atoms with Crippen LogP contribution in [0.3, 0.4) is 0 Å². The van der Waals surface area contributed by atoms with E-state index in [1.807, 2.05) is 13.8 Å². The van der Waals surface area contributed by atoms with Crippen LogP contribution in [-0.2, 0) is 15.4 Å². The van der Waals surface area contributed by atoms with E-state index in [2.05, 4.69) is 24.7 Å². The maximum atomic E-state index is 13.6. The molecule has 0 fully saturated rings. The van der Waals surface area contributed by atoms with Gasteiger partial charge in [-0.25, -0.2) is 23.4 Å². The van der Waals surface area contributed by atoms with Crippen molar-refractivity contribution in [2.24, 2.45) is 0 Å². The summed E-state index contributed by atoms with van der Waals surface area (Å²) in [6, 6.07) is 14.1. The smallest absolute Gasteiger partial charge is 0.263 e. The molecule has 2 aromatic carbocycles. The summed E-state index contributed by atoms with van der Waals surface area (Å²) < 4.78 is 61.8. The first-order valence-corrected chi connectivity index (χ1v) is 14.0. The maximum absolute atomic E-state index is 13.6. The number of sulfonamides is 1. The van der Waals surface area contributed by atoms with Crippen LogP contribution < -0.4 is 18.9 Å². The molecule has 0 spiro atoms. The summed E-state index contributed by atoms with van der Waals surface area (Å²) in [5, 5.41) is 19.4. The van der Waals surface area contributed by atoms with E-state index in [9.17, 15) is 18.6 Å². The van der Waals surface area contributed by atoms with Crippen LogP contribution in [0.15, 0.2) is 71.9 Å². The lowest BCUT2D eigenvalue weighted by Gasteiger charge is -2.22. The van der Waals surface area contributed by atoms with Gasteiger partial charge < -0.3 is 24.4 Å². The number of aliphatic hydroxyl groups excluding tert-OH is 1. The van der Waals surface area contributed by atoms with Gasteiger partial charge in [-0.15, -0.1) is 0 Å². The van der Waals surface area contributed by atoms with Gasteiger partial charge in [0.05, 0.1) is 27.4 Å². The first-order valence-electron chi connectivity index (χ1n) is 13.5. The van der Waals surface area contributed by atoms with Gasteiger partial charge in [-0.1, -0.05) is 38.1 Å². The standard InChI is InChI=1S/C28H31N5O7S/c1-4-38-21-8-5-6-9-22(21)40-23-24(31-26(25-29-14-7-15-30-25)32-27(23)39-17-16-34)33-41(36,37)20-12-10-19(11-13-20)28(2,3)18-35/h5-15,34-35H,4,16-18H2,1-3H3,(H,31,32,33)/i16D2. The van der Waals surface area contributed by atoms with Crippen molar-refractivity contribution < 1.29 is 35.6 Å². The fraction of sp³-hybridized carbons (Fsp3) is 0.286. The number of anilines is 1. The third kappa shape index (κ3) is 7.06. The fourth-order valence-corrected chi connectivity index (χ4v) is 4.59. The van der Waals surface area contributed by atoms with Crippen molar-refractivity contribution >= 4 is 15.8 Å². The summed E-state index contributed by atoms with van der Waals surface area (Å²) in [6.07, 6.45) is 2.86. The van der Waals surface area contributed by atoms with Crippen molar-refractivity contribution in [3.63, 3.8) is 0 Å². The number of ether oxygens (including phenoxy) is 3. The highest BCUT2D eigenvalue weighted by atomic mass is 32.2. The van der Waals surface area contributed by atoms with Gasteiger partial charge in [-0.3, -0.25) is 4.72 Å². The molecule has 0 saturated carbocycles. The van der Waals surface area contributed by atoms with Gasteiger partial charge in [0, 0.05) is 17.8 Å². The molecule has 0 aliphatic carbocycles. The van der Waals surface area contributed by atoms with Crippen molar-refractivity contribution in [3.8, 4) is 34.8 Å². The van der Waals surface area contributed by atoms with E-state index >= 15 is 0 Å². The van der Waals surface area contributed by atoms with Gasteiger partial charge in [-0.05, 0) is 42.8 Å². The number of nitrogens with one attached hydrogen (secondary N) is 1. The average Bonchev–Trinajstić information content (AvgIpc) is 2.98. The summed E-state index contributed by atoms with van der Waals surface area (Å²) in [6.45, 7) is 1.94. The van der Waals surface area contributed by atoms with Gasteiger partial charge in [0.2, 0.25) is 11.6 Å². The molecule has 4 aromatic rings. The number of benzene rings is 2. The van der Waals surface area contributed by atoms with Crippen molar-refractivity contribution in [2.75, 3.05) is 31.1 Å². The van der Waals surface area contributed by atoms with Crippen LogP contribution in [0.4, 0.5) is 5.82 Å². The number of hydrogen-bond acceptors (Lipinski definition) is 11. The molecule has 0 aliphatic rings. The van der Waals surface area contributed by atoms with Crippen LogP contribution in [0.2, 0.25) is 0 Å². The zero-order chi connectivity index (χ0) is 31.3. The van der Waals surface area contributed by atoms with Crippen LogP contribution >= 0.6 is 0 Å². The fourth-order valence-electron chi connectivity index (χ4n) is 3.59. The topological polar surface area (TPSA) is 166 Å². The van der Waals surface area contributed by atoms with Gasteiger partial charge in [0.15, 0.2) is 23.1 Å². The second-order valence-corrected chi connectivity index (χ2v) is 10.9. The molecule has 0 bridgehead atoms. The van der Waals surface area contributed by atoms with Gasteiger partial charge >= 0.3 is 0 Å². The Labute approximate surface area is 240 Å². The Hall–Kier alpha value is -4.33. The number of aromatic nitrogens is 4. The van der Waals surface area contributed by atoms with Crippen molar-refractivity contribution in [2.45, 2.75) is 31.1 Å². The van der Waals surface area contributed by atoms with Crippen LogP contribution in [-0.4, -0.2) is 64.9 Å². The molecule has 0 atom stereocenters. The summed E-state index contributed by atoms with van der Waals surface area (Å²) >= 11 is 0. The highest BCUT2D eigenvalue weighted by molar-refractivity contribution is 7.92. The van der Waals surface area contributed by atoms with E-state index in [1.54, 1.807) is 49.4 Å². The summed E-state index contributed by atoms with van der Waals surface area (Å²) in [5.41, 5.74) is 0.135. The van der Waals surface area contributed by atoms with E-state index in [4.69, 9.17) is 17.0 Å². The molecule has 12 nitrogen and oxygen atoms in total. The van der Waals surface area contributed by atoms with Crippen LogP contribution in [0.25, 0.3) is 11.6 Å². The van der Waals surface area contributed by atoms with Crippen LogP contribution in [0, 0.1) is 0 Å². The Morgan fingerprint density at radius 1 is 0.927 bits per heavy atom. The highest BCUT2D eigenvalue weighted by Gasteiger charge is 2.27. The number of aliphatic hydroxyl groups is 2. The molecule has 0 radical (unpaired) electrons. The highest BCUT2D eigenvalue weighted by Crippen LogP contribution is 2.41. The quantitative estimate of drug-likeness (QED) is 0.211. The molecule has 0 unspecified atom stereocenters. The van der Waals surface area contributed by atoms with Gasteiger partial charge in [0.25, 0.3) is 15.9 Å². The van der Waals surface area contributed by atoms with E-state index in [0.29, 0.717) is 12.4 Å². The lowest BCUT2D eigenvalue weighted by molar-refractivity contribution is 0.192.